The van der Waals surface area contributed by atoms with Crippen LogP contribution in [0, 0.1) is 5.82 Å². The molecule has 0 aliphatic rings. The van der Waals surface area contributed by atoms with Gasteiger partial charge in [0.15, 0.2) is 17.5 Å². The Labute approximate surface area is 149 Å². The summed E-state index contributed by atoms with van der Waals surface area (Å²) in [5.74, 6) is -0.202. The average Bonchev–Trinajstić information content (AvgIpc) is 2.48. The number of hydrogen-bond donors (Lipinski definition) is 3. The number of rotatable bonds is 8. The van der Waals surface area contributed by atoms with Gasteiger partial charge in [0.05, 0.1) is 6.54 Å². The predicted octanol–water partition coefficient (Wildman–Crippen LogP) is 3.78. The van der Waals surface area contributed by atoms with Gasteiger partial charge in [0.2, 0.25) is 0 Å². The van der Waals surface area contributed by atoms with Crippen molar-refractivity contribution in [1.82, 2.24) is 10.6 Å². The molecule has 1 aromatic carbocycles. The molecule has 0 aromatic heterocycles. The topological polar surface area (TPSA) is 56.7 Å². The fourth-order valence-corrected chi connectivity index (χ4v) is 1.92. The van der Waals surface area contributed by atoms with E-state index >= 15 is 0 Å². The van der Waals surface area contributed by atoms with Crippen LogP contribution in [0.1, 0.15) is 45.1 Å². The number of aliphatic imine (C=N–C) groups is 1. The number of unbranched alkanes of at least 4 members (excludes halogenated alkanes) is 3. The first-order chi connectivity index (χ1) is 10.2. The van der Waals surface area contributed by atoms with Crippen LogP contribution in [0.2, 0.25) is 0 Å². The number of phenolic OH excluding ortho intramolecular Hbond substituents is 1. The van der Waals surface area contributed by atoms with Gasteiger partial charge in [-0.1, -0.05) is 32.3 Å². The summed E-state index contributed by atoms with van der Waals surface area (Å²) in [6.07, 6.45) is 4.81. The largest absolute Gasteiger partial charge is 0.505 e. The maximum Gasteiger partial charge on any atom is 0.191 e. The van der Waals surface area contributed by atoms with Crippen molar-refractivity contribution < 1.29 is 9.50 Å². The van der Waals surface area contributed by atoms with Crippen LogP contribution in [-0.2, 0) is 6.54 Å². The van der Waals surface area contributed by atoms with Crippen LogP contribution in [-0.4, -0.2) is 24.2 Å². The van der Waals surface area contributed by atoms with Crippen LogP contribution >= 0.6 is 24.0 Å². The molecule has 4 nitrogen and oxygen atoms in total. The Balaban J connectivity index is 0.00000441. The third-order valence-corrected chi connectivity index (χ3v) is 3.10. The zero-order chi connectivity index (χ0) is 15.5. The van der Waals surface area contributed by atoms with Crippen LogP contribution in [0.15, 0.2) is 23.2 Å². The standard InChI is InChI=1S/C16H26FN3O.HI/c1-3-5-6-7-10-19-16(18-4-2)20-12-13-8-9-15(21)14(17)11-13;/h8-9,11,21H,3-7,10,12H2,1-2H3,(H2,18,19,20);1H. The lowest BCUT2D eigenvalue weighted by Crippen LogP contribution is -2.37. The minimum absolute atomic E-state index is 0. The zero-order valence-electron chi connectivity index (χ0n) is 13.4. The second-order valence-electron chi connectivity index (χ2n) is 4.97. The summed E-state index contributed by atoms with van der Waals surface area (Å²) in [6.45, 7) is 6.24. The molecule has 6 heteroatoms. The molecule has 126 valence electrons. The predicted molar refractivity (Wildman–Crippen MR) is 100 cm³/mol. The van der Waals surface area contributed by atoms with Gasteiger partial charge in [-0.15, -0.1) is 24.0 Å². The molecule has 0 amide bonds. The number of guanidine groups is 1. The fourth-order valence-electron chi connectivity index (χ4n) is 1.92. The summed E-state index contributed by atoms with van der Waals surface area (Å²) in [7, 11) is 0. The summed E-state index contributed by atoms with van der Waals surface area (Å²) >= 11 is 0. The van der Waals surface area contributed by atoms with Crippen molar-refractivity contribution >= 4 is 29.9 Å². The fraction of sp³-hybridized carbons (Fsp3) is 0.562. The first-order valence-corrected chi connectivity index (χ1v) is 7.67. The van der Waals surface area contributed by atoms with Gasteiger partial charge in [0.25, 0.3) is 0 Å². The summed E-state index contributed by atoms with van der Waals surface area (Å²) in [4.78, 5) is 4.42. The van der Waals surface area contributed by atoms with E-state index in [-0.39, 0.29) is 29.7 Å². The second kappa shape index (κ2) is 12.5. The highest BCUT2D eigenvalue weighted by molar-refractivity contribution is 14.0. The molecule has 0 aliphatic heterocycles. The molecular weight excluding hydrogens is 396 g/mol. The van der Waals surface area contributed by atoms with Crippen LogP contribution in [0.4, 0.5) is 4.39 Å². The summed E-state index contributed by atoms with van der Waals surface area (Å²) in [5.41, 5.74) is 0.730. The van der Waals surface area contributed by atoms with E-state index in [0.29, 0.717) is 6.54 Å². The third-order valence-electron chi connectivity index (χ3n) is 3.10. The van der Waals surface area contributed by atoms with E-state index in [2.05, 4.69) is 22.5 Å². The van der Waals surface area contributed by atoms with E-state index < -0.39 is 5.82 Å². The molecule has 0 spiro atoms. The molecule has 0 aliphatic carbocycles. The van der Waals surface area contributed by atoms with Gasteiger partial charge in [-0.3, -0.25) is 0 Å². The second-order valence-corrected chi connectivity index (χ2v) is 4.97. The molecular formula is C16H27FIN3O. The van der Waals surface area contributed by atoms with Gasteiger partial charge < -0.3 is 15.7 Å². The lowest BCUT2D eigenvalue weighted by molar-refractivity contribution is 0.432. The molecule has 0 radical (unpaired) electrons. The normalized spacial score (nSPS) is 11.0. The molecule has 3 N–H and O–H groups in total. The van der Waals surface area contributed by atoms with E-state index in [1.807, 2.05) is 6.92 Å². The Kier molecular flexibility index (Phi) is 11.9. The number of nitrogens with zero attached hydrogens (tertiary/aromatic N) is 1. The molecule has 0 saturated carbocycles. The van der Waals surface area contributed by atoms with Gasteiger partial charge in [0.1, 0.15) is 0 Å². The van der Waals surface area contributed by atoms with Crippen LogP contribution in [0.5, 0.6) is 5.75 Å². The molecule has 0 fully saturated rings. The first kappa shape index (κ1) is 20.9. The maximum absolute atomic E-state index is 13.2. The Hall–Kier alpha value is -1.05. The minimum Gasteiger partial charge on any atom is -0.505 e. The summed E-state index contributed by atoms with van der Waals surface area (Å²) < 4.78 is 13.2. The lowest BCUT2D eigenvalue weighted by Gasteiger charge is -2.11. The quantitative estimate of drug-likeness (QED) is 0.258. The van der Waals surface area contributed by atoms with Gasteiger partial charge in [0, 0.05) is 13.1 Å². The van der Waals surface area contributed by atoms with Crippen LogP contribution < -0.4 is 10.6 Å². The van der Waals surface area contributed by atoms with Crippen LogP contribution in [0.25, 0.3) is 0 Å². The molecule has 1 rings (SSSR count). The average molecular weight is 423 g/mol. The number of halogens is 2. The smallest absolute Gasteiger partial charge is 0.191 e. The Morgan fingerprint density at radius 3 is 2.59 bits per heavy atom. The molecule has 0 saturated heterocycles. The summed E-state index contributed by atoms with van der Waals surface area (Å²) in [5, 5.41) is 15.6. The van der Waals surface area contributed by atoms with Gasteiger partial charge in [-0.05, 0) is 31.0 Å². The van der Waals surface area contributed by atoms with Crippen molar-refractivity contribution in [3.8, 4) is 5.75 Å². The van der Waals surface area contributed by atoms with E-state index in [9.17, 15) is 4.39 Å². The zero-order valence-corrected chi connectivity index (χ0v) is 15.7. The van der Waals surface area contributed by atoms with Crippen molar-refractivity contribution in [2.24, 2.45) is 4.99 Å². The maximum atomic E-state index is 13.2. The molecule has 0 atom stereocenters. The molecule has 0 heterocycles. The van der Waals surface area contributed by atoms with Crippen LogP contribution in [0.3, 0.4) is 0 Å². The number of nitrogens with one attached hydrogen (secondary N) is 2. The van der Waals surface area contributed by atoms with Crippen molar-refractivity contribution in [2.45, 2.75) is 46.1 Å². The van der Waals surface area contributed by atoms with Gasteiger partial charge in [-0.25, -0.2) is 9.38 Å². The molecule has 0 unspecified atom stereocenters. The highest BCUT2D eigenvalue weighted by Crippen LogP contribution is 2.16. The molecule has 22 heavy (non-hydrogen) atoms. The number of hydrogen-bond acceptors (Lipinski definition) is 2. The summed E-state index contributed by atoms with van der Waals surface area (Å²) in [6, 6.07) is 4.33. The third kappa shape index (κ3) is 8.41. The van der Waals surface area contributed by atoms with Crippen molar-refractivity contribution in [1.29, 1.82) is 0 Å². The number of phenols is 1. The number of aromatic hydroxyl groups is 1. The van der Waals surface area contributed by atoms with E-state index in [1.165, 1.54) is 31.4 Å². The molecule has 0 bridgehead atoms. The van der Waals surface area contributed by atoms with E-state index in [1.54, 1.807) is 6.07 Å². The monoisotopic (exact) mass is 423 g/mol. The highest BCUT2D eigenvalue weighted by atomic mass is 127. The Morgan fingerprint density at radius 2 is 1.95 bits per heavy atom. The van der Waals surface area contributed by atoms with Gasteiger partial charge in [-0.2, -0.15) is 0 Å². The first-order valence-electron chi connectivity index (χ1n) is 7.67. The van der Waals surface area contributed by atoms with Crippen molar-refractivity contribution in [2.75, 3.05) is 13.1 Å². The Bertz CT molecular complexity index is 455. The lowest BCUT2D eigenvalue weighted by atomic mass is 10.2. The van der Waals surface area contributed by atoms with E-state index in [4.69, 9.17) is 5.11 Å². The molecule has 1 aromatic rings. The highest BCUT2D eigenvalue weighted by Gasteiger charge is 2.02. The van der Waals surface area contributed by atoms with E-state index in [0.717, 1.165) is 31.0 Å². The van der Waals surface area contributed by atoms with Crippen molar-refractivity contribution in [3.63, 3.8) is 0 Å². The van der Waals surface area contributed by atoms with Gasteiger partial charge >= 0.3 is 0 Å². The SMILES string of the molecule is CCCCCCNC(=NCc1ccc(O)c(F)c1)NCC.I. The minimum atomic E-state index is -0.611. The Morgan fingerprint density at radius 1 is 1.18 bits per heavy atom. The van der Waals surface area contributed by atoms with Crippen molar-refractivity contribution in [3.05, 3.63) is 29.6 Å². The number of benzene rings is 1.